The van der Waals surface area contributed by atoms with E-state index in [1.165, 1.54) is 6.08 Å². The van der Waals surface area contributed by atoms with Gasteiger partial charge in [0, 0.05) is 12.5 Å². The number of hydrogen-bond donors (Lipinski definition) is 2. The van der Waals surface area contributed by atoms with Gasteiger partial charge in [-0.15, -0.1) is 0 Å². The van der Waals surface area contributed by atoms with Crippen LogP contribution in [0.4, 0.5) is 0 Å². The smallest absolute Gasteiger partial charge is 0.301 e. The quantitative estimate of drug-likeness (QED) is 0.464. The summed E-state index contributed by atoms with van der Waals surface area (Å²) in [5.74, 6) is -0.335. The molecule has 0 spiro atoms. The lowest BCUT2D eigenvalue weighted by Gasteiger charge is -2.29. The third-order valence-corrected chi connectivity index (χ3v) is 3.75. The van der Waals surface area contributed by atoms with E-state index in [0.717, 1.165) is 12.8 Å². The van der Waals surface area contributed by atoms with Crippen LogP contribution in [-0.2, 0) is 9.47 Å². The third kappa shape index (κ3) is 2.03. The molecule has 0 aromatic carbocycles. The number of nitrogens with zero attached hydrogens (tertiary/aromatic N) is 1. The van der Waals surface area contributed by atoms with E-state index in [1.54, 1.807) is 6.92 Å². The van der Waals surface area contributed by atoms with Crippen LogP contribution in [0, 0.1) is 10.1 Å². The maximum absolute atomic E-state index is 11.3. The molecule has 3 aliphatic heterocycles. The zero-order valence-corrected chi connectivity index (χ0v) is 11.1. The Balaban J connectivity index is 2.02. The molecule has 0 aromatic heterocycles. The molecular weight excluding hydrogens is 264 g/mol. The lowest BCUT2D eigenvalue weighted by atomic mass is 9.97. The van der Waals surface area contributed by atoms with Gasteiger partial charge in [0.1, 0.15) is 5.70 Å². The summed E-state index contributed by atoms with van der Waals surface area (Å²) >= 11 is 0. The van der Waals surface area contributed by atoms with Gasteiger partial charge in [-0.1, -0.05) is 0 Å². The molecule has 3 aliphatic rings. The Kier molecular flexibility index (Phi) is 3.13. The van der Waals surface area contributed by atoms with Crippen LogP contribution in [0.25, 0.3) is 0 Å². The lowest BCUT2D eigenvalue weighted by molar-refractivity contribution is -0.421. The first-order valence-corrected chi connectivity index (χ1v) is 6.68. The van der Waals surface area contributed by atoms with E-state index in [1.807, 2.05) is 0 Å². The van der Waals surface area contributed by atoms with Gasteiger partial charge in [-0.05, 0) is 19.8 Å². The van der Waals surface area contributed by atoms with Crippen LogP contribution in [0.1, 0.15) is 26.2 Å². The monoisotopic (exact) mass is 280 g/mol. The Morgan fingerprint density at radius 2 is 2.45 bits per heavy atom. The number of nitrogens with one attached hydrogen (secondary N) is 1. The van der Waals surface area contributed by atoms with Crippen molar-refractivity contribution in [2.75, 3.05) is 6.61 Å². The number of aliphatic hydroxyl groups excluding tert-OH is 1. The van der Waals surface area contributed by atoms with Crippen molar-refractivity contribution in [1.29, 1.82) is 0 Å². The van der Waals surface area contributed by atoms with Crippen molar-refractivity contribution < 1.29 is 19.5 Å². The van der Waals surface area contributed by atoms with E-state index in [-0.39, 0.29) is 36.2 Å². The Labute approximate surface area is 115 Å². The molecule has 2 bridgehead atoms. The molecule has 1 fully saturated rings. The number of fused-ring (bicyclic) bond motifs is 3. The molecule has 108 valence electrons. The van der Waals surface area contributed by atoms with Gasteiger partial charge in [-0.3, -0.25) is 10.1 Å². The fraction of sp³-hybridized carbons (Fsp3) is 0.538. The first-order chi connectivity index (χ1) is 9.60. The standard InChI is InChI=1S/C13H16N2O5/c1-2-19-13(16)9-6-10(15(17)18)8-5-7-3-4-11(20-7)12(8)14-9/h6-7,11,14,16H,2-5H2,1H3. The summed E-state index contributed by atoms with van der Waals surface area (Å²) < 4.78 is 10.8. The van der Waals surface area contributed by atoms with Crippen molar-refractivity contribution in [3.63, 3.8) is 0 Å². The number of rotatable bonds is 3. The zero-order valence-electron chi connectivity index (χ0n) is 11.1. The Morgan fingerprint density at radius 3 is 3.15 bits per heavy atom. The molecule has 3 heterocycles. The summed E-state index contributed by atoms with van der Waals surface area (Å²) in [5, 5.41) is 24.1. The fourth-order valence-corrected chi connectivity index (χ4v) is 2.90. The molecule has 7 nitrogen and oxygen atoms in total. The number of ether oxygens (including phenoxy) is 2. The van der Waals surface area contributed by atoms with Gasteiger partial charge in [-0.2, -0.15) is 0 Å². The molecule has 2 atom stereocenters. The Bertz CT molecular complexity index is 549. The fourth-order valence-electron chi connectivity index (χ4n) is 2.90. The number of allylic oxidation sites excluding steroid dienone is 2. The molecule has 0 saturated carbocycles. The second-order valence-corrected chi connectivity index (χ2v) is 4.98. The van der Waals surface area contributed by atoms with Crippen LogP contribution in [0.5, 0.6) is 0 Å². The van der Waals surface area contributed by atoms with E-state index < -0.39 is 4.92 Å². The molecule has 1 saturated heterocycles. The molecule has 0 aromatic rings. The highest BCUT2D eigenvalue weighted by molar-refractivity contribution is 5.45. The summed E-state index contributed by atoms with van der Waals surface area (Å²) in [6.07, 6.45) is 3.51. The first-order valence-electron chi connectivity index (χ1n) is 6.68. The minimum atomic E-state index is -0.417. The van der Waals surface area contributed by atoms with E-state index in [0.29, 0.717) is 17.7 Å². The molecular formula is C13H16N2O5. The topological polar surface area (TPSA) is 93.9 Å². The third-order valence-electron chi connectivity index (χ3n) is 3.75. The van der Waals surface area contributed by atoms with Crippen LogP contribution < -0.4 is 5.32 Å². The van der Waals surface area contributed by atoms with Crippen molar-refractivity contribution in [3.8, 4) is 0 Å². The summed E-state index contributed by atoms with van der Waals surface area (Å²) in [4.78, 5) is 10.8. The van der Waals surface area contributed by atoms with Crippen LogP contribution in [-0.4, -0.2) is 28.8 Å². The first kappa shape index (κ1) is 13.0. The van der Waals surface area contributed by atoms with Gasteiger partial charge in [0.05, 0.1) is 35.0 Å². The van der Waals surface area contributed by atoms with E-state index in [9.17, 15) is 15.2 Å². The highest BCUT2D eigenvalue weighted by Crippen LogP contribution is 2.40. The normalized spacial score (nSPS) is 30.4. The average molecular weight is 280 g/mol. The summed E-state index contributed by atoms with van der Waals surface area (Å²) in [6, 6.07) is 0. The van der Waals surface area contributed by atoms with Gasteiger partial charge in [0.15, 0.2) is 0 Å². The predicted octanol–water partition coefficient (Wildman–Crippen LogP) is 1.72. The van der Waals surface area contributed by atoms with Crippen LogP contribution in [0.2, 0.25) is 0 Å². The number of nitro groups is 1. The lowest BCUT2D eigenvalue weighted by Crippen LogP contribution is -2.35. The van der Waals surface area contributed by atoms with Gasteiger partial charge in [-0.25, -0.2) is 0 Å². The average Bonchev–Trinajstić information content (AvgIpc) is 2.81. The van der Waals surface area contributed by atoms with Crippen molar-refractivity contribution in [1.82, 2.24) is 5.32 Å². The summed E-state index contributed by atoms with van der Waals surface area (Å²) in [7, 11) is 0. The largest absolute Gasteiger partial charge is 0.479 e. The second kappa shape index (κ2) is 4.82. The van der Waals surface area contributed by atoms with Crippen molar-refractivity contribution in [2.24, 2.45) is 0 Å². The van der Waals surface area contributed by atoms with E-state index in [2.05, 4.69) is 5.32 Å². The van der Waals surface area contributed by atoms with Crippen LogP contribution in [0.15, 0.2) is 34.7 Å². The maximum Gasteiger partial charge on any atom is 0.301 e. The van der Waals surface area contributed by atoms with Crippen molar-refractivity contribution >= 4 is 0 Å². The molecule has 3 rings (SSSR count). The highest BCUT2D eigenvalue weighted by Gasteiger charge is 2.42. The number of aliphatic hydroxyl groups is 1. The van der Waals surface area contributed by atoms with Crippen molar-refractivity contribution in [3.05, 3.63) is 44.8 Å². The molecule has 0 amide bonds. The molecule has 0 aliphatic carbocycles. The van der Waals surface area contributed by atoms with Gasteiger partial charge >= 0.3 is 5.95 Å². The number of hydrogen-bond acceptors (Lipinski definition) is 6. The molecule has 7 heteroatoms. The van der Waals surface area contributed by atoms with Crippen LogP contribution in [0.3, 0.4) is 0 Å². The van der Waals surface area contributed by atoms with E-state index >= 15 is 0 Å². The van der Waals surface area contributed by atoms with Gasteiger partial charge < -0.3 is 19.9 Å². The van der Waals surface area contributed by atoms with Gasteiger partial charge in [0.25, 0.3) is 5.70 Å². The molecule has 2 unspecified atom stereocenters. The highest BCUT2D eigenvalue weighted by atomic mass is 16.6. The SMILES string of the molecule is CCOC(O)=C1C=C([N+](=O)[O-])C2=C(N1)C1CCC(C2)O1. The summed E-state index contributed by atoms with van der Waals surface area (Å²) in [5.41, 5.74) is 1.60. The molecule has 20 heavy (non-hydrogen) atoms. The predicted molar refractivity (Wildman–Crippen MR) is 69.0 cm³/mol. The molecule has 0 radical (unpaired) electrons. The minimum absolute atomic E-state index is 0.0141. The summed E-state index contributed by atoms with van der Waals surface area (Å²) in [6.45, 7) is 2.01. The van der Waals surface area contributed by atoms with E-state index in [4.69, 9.17) is 9.47 Å². The maximum atomic E-state index is 11.3. The minimum Gasteiger partial charge on any atom is -0.479 e. The zero-order chi connectivity index (χ0) is 14.3. The van der Waals surface area contributed by atoms with Crippen LogP contribution >= 0.6 is 0 Å². The second-order valence-electron chi connectivity index (χ2n) is 4.98. The van der Waals surface area contributed by atoms with Gasteiger partial charge in [0.2, 0.25) is 0 Å². The number of dihydropyridines is 1. The molecule has 2 N–H and O–H groups in total. The Morgan fingerprint density at radius 1 is 1.65 bits per heavy atom. The Hall–Kier alpha value is -2.02. The van der Waals surface area contributed by atoms with Crippen molar-refractivity contribution in [2.45, 2.75) is 38.4 Å².